The molecule has 0 radical (unpaired) electrons. The van der Waals surface area contributed by atoms with E-state index in [4.69, 9.17) is 9.47 Å². The molecule has 0 bridgehead atoms. The Kier molecular flexibility index (Phi) is 2.30. The molecule has 1 saturated heterocycles. The number of epoxide rings is 1. The number of hydrogen-bond donors (Lipinski definition) is 0. The second-order valence-corrected chi connectivity index (χ2v) is 4.91. The first-order chi connectivity index (χ1) is 7.79. The molecule has 1 saturated carbocycles. The van der Waals surface area contributed by atoms with E-state index in [1.165, 1.54) is 24.0 Å². The van der Waals surface area contributed by atoms with E-state index in [1.807, 2.05) is 7.11 Å². The fraction of sp³-hybridized carbons (Fsp3) is 0.571. The van der Waals surface area contributed by atoms with Gasteiger partial charge in [-0.1, -0.05) is 24.3 Å². The van der Waals surface area contributed by atoms with Crippen LogP contribution >= 0.6 is 0 Å². The van der Waals surface area contributed by atoms with Crippen molar-refractivity contribution in [1.82, 2.24) is 0 Å². The van der Waals surface area contributed by atoms with Gasteiger partial charge in [0.05, 0.1) is 6.61 Å². The van der Waals surface area contributed by atoms with Crippen molar-refractivity contribution in [3.63, 3.8) is 0 Å². The molecule has 2 atom stereocenters. The zero-order valence-electron chi connectivity index (χ0n) is 9.90. The standard InChI is InChI=1S/C14H18O2/c1-10-5-3-4-6-12(10)14(15-2,11-7-8-11)13-9-16-13/h3-6,11,13H,7-9H2,1-2H3/t13?,14-/m1/s1. The fourth-order valence-electron chi connectivity index (χ4n) is 2.88. The predicted octanol–water partition coefficient (Wildman–Crippen LogP) is 2.65. The minimum Gasteiger partial charge on any atom is -0.370 e. The molecule has 1 unspecified atom stereocenters. The second kappa shape index (κ2) is 3.57. The fourth-order valence-corrected chi connectivity index (χ4v) is 2.88. The van der Waals surface area contributed by atoms with Crippen LogP contribution in [-0.4, -0.2) is 19.8 Å². The number of methoxy groups -OCH3 is 1. The summed E-state index contributed by atoms with van der Waals surface area (Å²) in [4.78, 5) is 0. The summed E-state index contributed by atoms with van der Waals surface area (Å²) in [5, 5.41) is 0. The first-order valence-electron chi connectivity index (χ1n) is 6.02. The molecule has 2 aliphatic rings. The highest BCUT2D eigenvalue weighted by molar-refractivity contribution is 5.35. The quantitative estimate of drug-likeness (QED) is 0.725. The van der Waals surface area contributed by atoms with Gasteiger partial charge in [-0.3, -0.25) is 0 Å². The van der Waals surface area contributed by atoms with E-state index in [0.29, 0.717) is 5.92 Å². The van der Waals surface area contributed by atoms with Gasteiger partial charge in [0.25, 0.3) is 0 Å². The lowest BCUT2D eigenvalue weighted by Gasteiger charge is -2.33. The molecule has 1 heterocycles. The van der Waals surface area contributed by atoms with Crippen LogP contribution < -0.4 is 0 Å². The average Bonchev–Trinajstić information content (AvgIpc) is 3.16. The molecule has 0 spiro atoms. The van der Waals surface area contributed by atoms with E-state index in [1.54, 1.807) is 0 Å². The Bertz CT molecular complexity index is 379. The highest BCUT2D eigenvalue weighted by atomic mass is 16.6. The molecule has 0 amide bonds. The van der Waals surface area contributed by atoms with Crippen molar-refractivity contribution in [1.29, 1.82) is 0 Å². The molecule has 1 aliphatic heterocycles. The number of ether oxygens (including phenoxy) is 2. The van der Waals surface area contributed by atoms with Crippen molar-refractivity contribution < 1.29 is 9.47 Å². The monoisotopic (exact) mass is 218 g/mol. The number of benzene rings is 1. The Morgan fingerprint density at radius 3 is 2.50 bits per heavy atom. The van der Waals surface area contributed by atoms with Crippen molar-refractivity contribution in [2.75, 3.05) is 13.7 Å². The summed E-state index contributed by atoms with van der Waals surface area (Å²) in [5.41, 5.74) is 2.46. The summed E-state index contributed by atoms with van der Waals surface area (Å²) >= 11 is 0. The number of rotatable bonds is 4. The Balaban J connectivity index is 2.07. The van der Waals surface area contributed by atoms with Gasteiger partial charge < -0.3 is 9.47 Å². The van der Waals surface area contributed by atoms with Crippen molar-refractivity contribution >= 4 is 0 Å². The van der Waals surface area contributed by atoms with E-state index in [9.17, 15) is 0 Å². The van der Waals surface area contributed by atoms with Crippen LogP contribution in [0.1, 0.15) is 24.0 Å². The average molecular weight is 218 g/mol. The maximum Gasteiger partial charge on any atom is 0.124 e. The van der Waals surface area contributed by atoms with Crippen LogP contribution in [0.3, 0.4) is 0 Å². The molecule has 86 valence electrons. The lowest BCUT2D eigenvalue weighted by molar-refractivity contribution is -0.0566. The molecule has 2 heteroatoms. The van der Waals surface area contributed by atoms with Crippen LogP contribution in [0.2, 0.25) is 0 Å². The zero-order chi connectivity index (χ0) is 11.2. The van der Waals surface area contributed by atoms with E-state index < -0.39 is 0 Å². The summed E-state index contributed by atoms with van der Waals surface area (Å²) in [6.45, 7) is 3.01. The normalized spacial score (nSPS) is 27.5. The van der Waals surface area contributed by atoms with Crippen LogP contribution in [-0.2, 0) is 15.1 Å². The Labute approximate surface area is 96.6 Å². The SMILES string of the molecule is CO[C@@](c1ccccc1C)(C1CC1)C1CO1. The van der Waals surface area contributed by atoms with Crippen molar-refractivity contribution in [2.24, 2.45) is 5.92 Å². The van der Waals surface area contributed by atoms with Gasteiger partial charge in [0.2, 0.25) is 0 Å². The van der Waals surface area contributed by atoms with E-state index in [0.717, 1.165) is 6.61 Å². The molecular weight excluding hydrogens is 200 g/mol. The molecule has 2 fully saturated rings. The third-order valence-electron chi connectivity index (χ3n) is 3.90. The number of aryl methyl sites for hydroxylation is 1. The molecular formula is C14H18O2. The summed E-state index contributed by atoms with van der Waals surface area (Å²) < 4.78 is 11.5. The summed E-state index contributed by atoms with van der Waals surface area (Å²) in [7, 11) is 1.83. The van der Waals surface area contributed by atoms with Crippen molar-refractivity contribution in [3.8, 4) is 0 Å². The largest absolute Gasteiger partial charge is 0.370 e. The predicted molar refractivity (Wildman–Crippen MR) is 62.3 cm³/mol. The molecule has 2 nitrogen and oxygen atoms in total. The Hall–Kier alpha value is -0.860. The van der Waals surface area contributed by atoms with Crippen LogP contribution in [0.15, 0.2) is 24.3 Å². The van der Waals surface area contributed by atoms with Gasteiger partial charge in [-0.2, -0.15) is 0 Å². The summed E-state index contributed by atoms with van der Waals surface area (Å²) in [6, 6.07) is 8.54. The molecule has 1 aromatic carbocycles. The summed E-state index contributed by atoms with van der Waals surface area (Å²) in [6.07, 6.45) is 2.80. The third-order valence-corrected chi connectivity index (χ3v) is 3.90. The van der Waals surface area contributed by atoms with Crippen LogP contribution in [0.5, 0.6) is 0 Å². The molecule has 3 rings (SSSR count). The maximum absolute atomic E-state index is 5.93. The minimum atomic E-state index is -0.175. The van der Waals surface area contributed by atoms with Crippen LogP contribution in [0.25, 0.3) is 0 Å². The van der Waals surface area contributed by atoms with E-state index >= 15 is 0 Å². The van der Waals surface area contributed by atoms with Gasteiger partial charge in [-0.25, -0.2) is 0 Å². The van der Waals surface area contributed by atoms with Gasteiger partial charge in [-0.15, -0.1) is 0 Å². The number of hydrogen-bond acceptors (Lipinski definition) is 2. The lowest BCUT2D eigenvalue weighted by Crippen LogP contribution is -2.38. The highest BCUT2D eigenvalue weighted by Crippen LogP contribution is 2.54. The third kappa shape index (κ3) is 1.40. The molecule has 16 heavy (non-hydrogen) atoms. The van der Waals surface area contributed by atoms with Crippen molar-refractivity contribution in [3.05, 3.63) is 35.4 Å². The van der Waals surface area contributed by atoms with Crippen LogP contribution in [0, 0.1) is 12.8 Å². The first-order valence-corrected chi connectivity index (χ1v) is 6.02. The summed E-state index contributed by atoms with van der Waals surface area (Å²) in [5.74, 6) is 0.645. The second-order valence-electron chi connectivity index (χ2n) is 4.91. The van der Waals surface area contributed by atoms with Gasteiger partial charge in [-0.05, 0) is 36.8 Å². The maximum atomic E-state index is 5.93. The highest BCUT2D eigenvalue weighted by Gasteiger charge is 2.57. The molecule has 1 aromatic rings. The Morgan fingerprint density at radius 2 is 2.00 bits per heavy atom. The molecule has 1 aliphatic carbocycles. The first kappa shape index (κ1) is 10.3. The van der Waals surface area contributed by atoms with Gasteiger partial charge in [0, 0.05) is 7.11 Å². The van der Waals surface area contributed by atoms with E-state index in [-0.39, 0.29) is 11.7 Å². The smallest absolute Gasteiger partial charge is 0.124 e. The molecule has 0 N–H and O–H groups in total. The molecule has 0 aromatic heterocycles. The van der Waals surface area contributed by atoms with E-state index in [2.05, 4.69) is 31.2 Å². The van der Waals surface area contributed by atoms with Crippen molar-refractivity contribution in [2.45, 2.75) is 31.5 Å². The zero-order valence-corrected chi connectivity index (χ0v) is 9.90. The lowest BCUT2D eigenvalue weighted by atomic mass is 9.83. The van der Waals surface area contributed by atoms with Crippen LogP contribution in [0.4, 0.5) is 0 Å². The Morgan fingerprint density at radius 1 is 1.31 bits per heavy atom. The van der Waals surface area contributed by atoms with Gasteiger partial charge >= 0.3 is 0 Å². The topological polar surface area (TPSA) is 21.8 Å². The van der Waals surface area contributed by atoms with Gasteiger partial charge in [0.15, 0.2) is 0 Å². The van der Waals surface area contributed by atoms with Gasteiger partial charge in [0.1, 0.15) is 11.7 Å². The minimum absolute atomic E-state index is 0.175.